The van der Waals surface area contributed by atoms with Crippen molar-refractivity contribution in [2.75, 3.05) is 60.0 Å². The molecule has 0 aromatic carbocycles. The normalized spacial score (nSPS) is 25.5. The van der Waals surface area contributed by atoms with E-state index in [-0.39, 0.29) is 17.8 Å². The van der Waals surface area contributed by atoms with Gasteiger partial charge in [0.15, 0.2) is 0 Å². The fourth-order valence-electron chi connectivity index (χ4n) is 2.91. The van der Waals surface area contributed by atoms with Gasteiger partial charge in [0.1, 0.15) is 0 Å². The molecule has 6 heteroatoms. The van der Waals surface area contributed by atoms with Crippen molar-refractivity contribution in [1.29, 1.82) is 0 Å². The van der Waals surface area contributed by atoms with E-state index in [1.54, 1.807) is 0 Å². The maximum Gasteiger partial charge on any atom is 0.309 e. The van der Waals surface area contributed by atoms with Crippen LogP contribution >= 0.6 is 0 Å². The fourth-order valence-corrected chi connectivity index (χ4v) is 2.91. The summed E-state index contributed by atoms with van der Waals surface area (Å²) in [6.45, 7) is 5.47. The Morgan fingerprint density at radius 2 is 1.85 bits per heavy atom. The zero-order chi connectivity index (χ0) is 14.5. The highest BCUT2D eigenvalue weighted by molar-refractivity contribution is 5.78. The number of ether oxygens (including phenoxy) is 1. The lowest BCUT2D eigenvalue weighted by Gasteiger charge is -2.35. The van der Waals surface area contributed by atoms with Gasteiger partial charge in [0.05, 0.1) is 19.6 Å². The molecule has 0 saturated carbocycles. The number of rotatable bonds is 3. The molecule has 114 valence electrons. The molecule has 1 amide bonds. The van der Waals surface area contributed by atoms with Crippen LogP contribution in [0.5, 0.6) is 0 Å². The van der Waals surface area contributed by atoms with Crippen LogP contribution < -0.4 is 0 Å². The van der Waals surface area contributed by atoms with Gasteiger partial charge >= 0.3 is 5.97 Å². The molecule has 6 nitrogen and oxygen atoms in total. The van der Waals surface area contributed by atoms with E-state index < -0.39 is 0 Å². The third kappa shape index (κ3) is 3.93. The number of nitrogens with zero attached hydrogens (tertiary/aromatic N) is 3. The van der Waals surface area contributed by atoms with Crippen molar-refractivity contribution in [2.45, 2.75) is 12.8 Å². The van der Waals surface area contributed by atoms with Crippen LogP contribution in [0.1, 0.15) is 12.8 Å². The zero-order valence-electron chi connectivity index (χ0n) is 12.5. The maximum atomic E-state index is 12.3. The van der Waals surface area contributed by atoms with Crippen LogP contribution in [0.3, 0.4) is 0 Å². The van der Waals surface area contributed by atoms with Gasteiger partial charge in [0.2, 0.25) is 5.91 Å². The minimum Gasteiger partial charge on any atom is -0.469 e. The molecular weight excluding hydrogens is 258 g/mol. The number of piperazine rings is 1. The Labute approximate surface area is 120 Å². The molecule has 2 saturated heterocycles. The van der Waals surface area contributed by atoms with Crippen molar-refractivity contribution in [3.05, 3.63) is 0 Å². The summed E-state index contributed by atoms with van der Waals surface area (Å²) in [6.07, 6.45) is 1.82. The van der Waals surface area contributed by atoms with Gasteiger partial charge in [-0.25, -0.2) is 0 Å². The molecule has 0 N–H and O–H groups in total. The van der Waals surface area contributed by atoms with Crippen molar-refractivity contribution in [1.82, 2.24) is 14.7 Å². The Hall–Kier alpha value is -1.14. The van der Waals surface area contributed by atoms with Crippen LogP contribution in [-0.2, 0) is 14.3 Å². The Kier molecular flexibility index (Phi) is 5.37. The number of piperidine rings is 1. The summed E-state index contributed by atoms with van der Waals surface area (Å²) >= 11 is 0. The van der Waals surface area contributed by atoms with Crippen LogP contribution in [-0.4, -0.2) is 86.5 Å². The average Bonchev–Trinajstić information content (AvgIpc) is 2.47. The molecule has 2 fully saturated rings. The van der Waals surface area contributed by atoms with E-state index in [4.69, 9.17) is 4.74 Å². The number of carbonyl (C=O) groups excluding carboxylic acids is 2. The van der Waals surface area contributed by atoms with Gasteiger partial charge in [0.25, 0.3) is 0 Å². The first-order valence-corrected chi connectivity index (χ1v) is 7.36. The predicted molar refractivity (Wildman–Crippen MR) is 75.3 cm³/mol. The minimum atomic E-state index is -0.151. The SMILES string of the molecule is COC(=O)[C@H]1CCCN(CC(=O)N2CCN(C)CC2)C1. The fraction of sp³-hybridized carbons (Fsp3) is 0.857. The molecule has 0 aliphatic carbocycles. The molecule has 2 rings (SSSR count). The van der Waals surface area contributed by atoms with Gasteiger partial charge in [-0.3, -0.25) is 14.5 Å². The number of hydrogen-bond donors (Lipinski definition) is 0. The first-order valence-electron chi connectivity index (χ1n) is 7.36. The third-order valence-corrected chi connectivity index (χ3v) is 4.25. The van der Waals surface area contributed by atoms with Crippen molar-refractivity contribution < 1.29 is 14.3 Å². The van der Waals surface area contributed by atoms with Crippen LogP contribution in [0.15, 0.2) is 0 Å². The predicted octanol–water partition coefficient (Wildman–Crippen LogP) is -0.355. The number of methoxy groups -OCH3 is 1. The highest BCUT2D eigenvalue weighted by Gasteiger charge is 2.28. The van der Waals surface area contributed by atoms with E-state index in [9.17, 15) is 9.59 Å². The van der Waals surface area contributed by atoms with Gasteiger partial charge in [-0.05, 0) is 26.4 Å². The van der Waals surface area contributed by atoms with E-state index in [0.717, 1.165) is 45.6 Å². The molecule has 20 heavy (non-hydrogen) atoms. The number of amides is 1. The topological polar surface area (TPSA) is 53.1 Å². The molecular formula is C14H25N3O3. The van der Waals surface area contributed by atoms with Gasteiger partial charge in [-0.2, -0.15) is 0 Å². The summed E-state index contributed by atoms with van der Waals surface area (Å²) in [5.41, 5.74) is 0. The maximum absolute atomic E-state index is 12.3. The first kappa shape index (κ1) is 15.3. The van der Waals surface area contributed by atoms with Crippen molar-refractivity contribution in [3.8, 4) is 0 Å². The van der Waals surface area contributed by atoms with E-state index in [1.807, 2.05) is 4.90 Å². The molecule has 0 spiro atoms. The molecule has 0 bridgehead atoms. The molecule has 0 radical (unpaired) electrons. The summed E-state index contributed by atoms with van der Waals surface area (Å²) in [6, 6.07) is 0. The summed E-state index contributed by atoms with van der Waals surface area (Å²) in [5.74, 6) is -0.0422. The standard InChI is InChI=1S/C14H25N3O3/c1-15-6-8-17(9-7-15)13(18)11-16-5-3-4-12(10-16)14(19)20-2/h12H,3-11H2,1-2H3/t12-/m0/s1. The highest BCUT2D eigenvalue weighted by atomic mass is 16.5. The van der Waals surface area contributed by atoms with Gasteiger partial charge in [0, 0.05) is 32.7 Å². The quantitative estimate of drug-likeness (QED) is 0.663. The monoisotopic (exact) mass is 283 g/mol. The van der Waals surface area contributed by atoms with Crippen LogP contribution in [0.4, 0.5) is 0 Å². The second kappa shape index (κ2) is 7.04. The first-order chi connectivity index (χ1) is 9.60. The minimum absolute atomic E-state index is 0.0750. The molecule has 0 unspecified atom stereocenters. The third-order valence-electron chi connectivity index (χ3n) is 4.25. The lowest BCUT2D eigenvalue weighted by atomic mass is 9.98. The highest BCUT2D eigenvalue weighted by Crippen LogP contribution is 2.17. The smallest absolute Gasteiger partial charge is 0.309 e. The van der Waals surface area contributed by atoms with Crippen molar-refractivity contribution >= 4 is 11.9 Å². The molecule has 0 aromatic heterocycles. The molecule has 0 aromatic rings. The largest absolute Gasteiger partial charge is 0.469 e. The van der Waals surface area contributed by atoms with Gasteiger partial charge in [-0.1, -0.05) is 0 Å². The van der Waals surface area contributed by atoms with E-state index in [0.29, 0.717) is 13.1 Å². The number of esters is 1. The van der Waals surface area contributed by atoms with Crippen LogP contribution in [0.25, 0.3) is 0 Å². The zero-order valence-corrected chi connectivity index (χ0v) is 12.5. The number of likely N-dealkylation sites (tertiary alicyclic amines) is 1. The summed E-state index contributed by atoms with van der Waals surface area (Å²) in [7, 11) is 3.50. The summed E-state index contributed by atoms with van der Waals surface area (Å²) in [5, 5.41) is 0. The van der Waals surface area contributed by atoms with Crippen LogP contribution in [0.2, 0.25) is 0 Å². The lowest BCUT2D eigenvalue weighted by Crippen LogP contribution is -2.51. The Bertz CT molecular complexity index is 354. The molecule has 1 atom stereocenters. The molecule has 2 heterocycles. The number of likely N-dealkylation sites (N-methyl/N-ethyl adjacent to an activating group) is 1. The van der Waals surface area contributed by atoms with Crippen molar-refractivity contribution in [2.24, 2.45) is 5.92 Å². The Balaban J connectivity index is 1.80. The second-order valence-corrected chi connectivity index (χ2v) is 5.78. The second-order valence-electron chi connectivity index (χ2n) is 5.78. The lowest BCUT2D eigenvalue weighted by molar-refractivity contribution is -0.148. The van der Waals surface area contributed by atoms with Crippen molar-refractivity contribution in [3.63, 3.8) is 0 Å². The number of hydrogen-bond acceptors (Lipinski definition) is 5. The average molecular weight is 283 g/mol. The molecule has 2 aliphatic rings. The van der Waals surface area contributed by atoms with E-state index in [2.05, 4.69) is 16.8 Å². The summed E-state index contributed by atoms with van der Waals surface area (Å²) in [4.78, 5) is 30.1. The van der Waals surface area contributed by atoms with E-state index >= 15 is 0 Å². The van der Waals surface area contributed by atoms with E-state index in [1.165, 1.54) is 7.11 Å². The summed E-state index contributed by atoms with van der Waals surface area (Å²) < 4.78 is 4.80. The number of carbonyl (C=O) groups is 2. The van der Waals surface area contributed by atoms with Gasteiger partial charge in [-0.15, -0.1) is 0 Å². The van der Waals surface area contributed by atoms with Gasteiger partial charge < -0.3 is 14.5 Å². The van der Waals surface area contributed by atoms with Crippen LogP contribution in [0, 0.1) is 5.92 Å². The molecule has 2 aliphatic heterocycles. The Morgan fingerprint density at radius 1 is 1.15 bits per heavy atom. The Morgan fingerprint density at radius 3 is 2.50 bits per heavy atom.